The van der Waals surface area contributed by atoms with Crippen molar-refractivity contribution in [1.29, 1.82) is 0 Å². The number of methoxy groups -OCH3 is 1. The molecule has 0 spiro atoms. The maximum atomic E-state index is 12.0. The summed E-state index contributed by atoms with van der Waals surface area (Å²) in [5, 5.41) is 9.04. The van der Waals surface area contributed by atoms with Gasteiger partial charge in [0.15, 0.2) is 5.96 Å². The van der Waals surface area contributed by atoms with Crippen LogP contribution >= 0.6 is 24.0 Å². The molecule has 1 heterocycles. The Morgan fingerprint density at radius 3 is 2.69 bits per heavy atom. The summed E-state index contributed by atoms with van der Waals surface area (Å²) in [6.45, 7) is 5.11. The number of benzene rings is 1. The molecule has 1 aromatic heterocycles. The Morgan fingerprint density at radius 2 is 2.00 bits per heavy atom. The number of rotatable bonds is 9. The number of carbonyl (C=O) groups is 1. The fourth-order valence-corrected chi connectivity index (χ4v) is 2.32. The lowest BCUT2D eigenvalue weighted by Gasteiger charge is -2.18. The van der Waals surface area contributed by atoms with Gasteiger partial charge < -0.3 is 25.4 Å². The van der Waals surface area contributed by atoms with E-state index in [0.29, 0.717) is 24.7 Å². The van der Waals surface area contributed by atoms with E-state index in [9.17, 15) is 4.79 Å². The molecule has 2 aromatic rings. The summed E-state index contributed by atoms with van der Waals surface area (Å²) in [7, 11) is 1.62. The smallest absolute Gasteiger partial charge is 0.246 e. The number of amides is 1. The standard InChI is InChI=1S/C20H27N5O3.HI/c1-4-22-20(24-14-19(26)25-16-7-6-10-21-13-16)23-12-15(2)28-18-9-5-8-17(11-18)27-3;/h5-11,13,15H,4,12,14H2,1-3H3,(H,25,26)(H2,22,23,24);1H. The number of ether oxygens (including phenoxy) is 2. The predicted molar refractivity (Wildman–Crippen MR) is 125 cm³/mol. The Morgan fingerprint density at radius 1 is 1.21 bits per heavy atom. The summed E-state index contributed by atoms with van der Waals surface area (Å²) in [6.07, 6.45) is 3.12. The third-order valence-electron chi connectivity index (χ3n) is 3.61. The summed E-state index contributed by atoms with van der Waals surface area (Å²) in [5.41, 5.74) is 0.640. The average Bonchev–Trinajstić information content (AvgIpc) is 2.71. The van der Waals surface area contributed by atoms with E-state index in [2.05, 4.69) is 25.9 Å². The fraction of sp³-hybridized carbons (Fsp3) is 0.350. The second-order valence-corrected chi connectivity index (χ2v) is 5.97. The Hall–Kier alpha value is -2.56. The van der Waals surface area contributed by atoms with Gasteiger partial charge in [-0.1, -0.05) is 6.07 Å². The van der Waals surface area contributed by atoms with E-state index in [1.807, 2.05) is 38.1 Å². The number of anilines is 1. The van der Waals surface area contributed by atoms with Crippen LogP contribution in [-0.2, 0) is 4.79 Å². The summed E-state index contributed by atoms with van der Waals surface area (Å²) >= 11 is 0. The van der Waals surface area contributed by atoms with Crippen molar-refractivity contribution < 1.29 is 14.3 Å². The Balaban J connectivity index is 0.00000420. The number of nitrogens with one attached hydrogen (secondary N) is 3. The van der Waals surface area contributed by atoms with Gasteiger partial charge in [-0.15, -0.1) is 24.0 Å². The van der Waals surface area contributed by atoms with E-state index in [1.54, 1.807) is 31.6 Å². The van der Waals surface area contributed by atoms with Crippen LogP contribution in [0.15, 0.2) is 53.8 Å². The van der Waals surface area contributed by atoms with Crippen LogP contribution in [0.5, 0.6) is 11.5 Å². The zero-order valence-electron chi connectivity index (χ0n) is 16.8. The number of aromatic nitrogens is 1. The first-order chi connectivity index (χ1) is 13.6. The first-order valence-electron chi connectivity index (χ1n) is 9.13. The number of carbonyl (C=O) groups excluding carboxylic acids is 1. The van der Waals surface area contributed by atoms with Crippen LogP contribution < -0.4 is 25.4 Å². The van der Waals surface area contributed by atoms with Crippen LogP contribution in [0.4, 0.5) is 5.69 Å². The first kappa shape index (κ1) is 24.5. The quantitative estimate of drug-likeness (QED) is 0.271. The Labute approximate surface area is 188 Å². The lowest BCUT2D eigenvalue weighted by atomic mass is 10.3. The van der Waals surface area contributed by atoms with Crippen LogP contribution in [0, 0.1) is 0 Å². The highest BCUT2D eigenvalue weighted by Gasteiger charge is 2.08. The van der Waals surface area contributed by atoms with Crippen molar-refractivity contribution in [2.75, 3.05) is 32.1 Å². The highest BCUT2D eigenvalue weighted by molar-refractivity contribution is 14.0. The van der Waals surface area contributed by atoms with E-state index < -0.39 is 0 Å². The average molecular weight is 513 g/mol. The number of pyridine rings is 1. The molecule has 0 radical (unpaired) electrons. The minimum atomic E-state index is -0.217. The zero-order chi connectivity index (χ0) is 20.2. The molecule has 0 aliphatic rings. The third-order valence-corrected chi connectivity index (χ3v) is 3.61. The Kier molecular flexibility index (Phi) is 11.5. The summed E-state index contributed by atoms with van der Waals surface area (Å²) in [6, 6.07) is 11.0. The van der Waals surface area contributed by atoms with E-state index >= 15 is 0 Å². The summed E-state index contributed by atoms with van der Waals surface area (Å²) in [5.74, 6) is 1.80. The molecule has 0 saturated heterocycles. The van der Waals surface area contributed by atoms with Gasteiger partial charge in [0.2, 0.25) is 5.91 Å². The Bertz CT molecular complexity index is 774. The van der Waals surface area contributed by atoms with Crippen LogP contribution in [0.3, 0.4) is 0 Å². The minimum absolute atomic E-state index is 0. The molecule has 1 amide bonds. The van der Waals surface area contributed by atoms with Gasteiger partial charge in [-0.05, 0) is 38.1 Å². The molecular weight excluding hydrogens is 485 g/mol. The molecule has 0 saturated carbocycles. The van der Waals surface area contributed by atoms with Crippen LogP contribution in [0.25, 0.3) is 0 Å². The van der Waals surface area contributed by atoms with Crippen molar-refractivity contribution in [3.63, 3.8) is 0 Å². The van der Waals surface area contributed by atoms with Crippen LogP contribution in [0.2, 0.25) is 0 Å². The molecule has 0 aliphatic heterocycles. The topological polar surface area (TPSA) is 96.9 Å². The van der Waals surface area contributed by atoms with Crippen molar-refractivity contribution in [1.82, 2.24) is 15.6 Å². The molecular formula is C20H28IN5O3. The number of nitrogens with zero attached hydrogens (tertiary/aromatic N) is 2. The van der Waals surface area contributed by atoms with E-state index in [4.69, 9.17) is 9.47 Å². The lowest BCUT2D eigenvalue weighted by molar-refractivity contribution is -0.114. The van der Waals surface area contributed by atoms with Crippen LogP contribution in [-0.4, -0.2) is 49.7 Å². The molecule has 29 heavy (non-hydrogen) atoms. The number of hydrogen-bond donors (Lipinski definition) is 3. The third kappa shape index (κ3) is 9.46. The fourth-order valence-electron chi connectivity index (χ4n) is 2.32. The largest absolute Gasteiger partial charge is 0.497 e. The molecule has 1 atom stereocenters. The van der Waals surface area contributed by atoms with Crippen molar-refractivity contribution >= 4 is 41.5 Å². The predicted octanol–water partition coefficient (Wildman–Crippen LogP) is 2.67. The molecule has 3 N–H and O–H groups in total. The molecule has 158 valence electrons. The van der Waals surface area contributed by atoms with Gasteiger partial charge in [0.1, 0.15) is 24.1 Å². The van der Waals surface area contributed by atoms with E-state index in [1.165, 1.54) is 0 Å². The molecule has 0 aliphatic carbocycles. The SMILES string of the molecule is CCNC(=NCC(=O)Nc1cccnc1)NCC(C)Oc1cccc(OC)c1.I. The summed E-state index contributed by atoms with van der Waals surface area (Å²) < 4.78 is 11.1. The normalized spacial score (nSPS) is 11.6. The molecule has 8 nitrogen and oxygen atoms in total. The van der Waals surface area contributed by atoms with Gasteiger partial charge in [-0.2, -0.15) is 0 Å². The van der Waals surface area contributed by atoms with Gasteiger partial charge in [-0.3, -0.25) is 9.78 Å². The second-order valence-electron chi connectivity index (χ2n) is 5.97. The van der Waals surface area contributed by atoms with Crippen molar-refractivity contribution in [2.45, 2.75) is 20.0 Å². The van der Waals surface area contributed by atoms with Gasteiger partial charge in [0.05, 0.1) is 25.5 Å². The highest BCUT2D eigenvalue weighted by atomic mass is 127. The zero-order valence-corrected chi connectivity index (χ0v) is 19.2. The van der Waals surface area contributed by atoms with Gasteiger partial charge in [0.25, 0.3) is 0 Å². The number of guanidine groups is 1. The number of hydrogen-bond acceptors (Lipinski definition) is 5. The van der Waals surface area contributed by atoms with Gasteiger partial charge >= 0.3 is 0 Å². The molecule has 0 bridgehead atoms. The van der Waals surface area contributed by atoms with Crippen molar-refractivity contribution in [3.05, 3.63) is 48.8 Å². The second kappa shape index (κ2) is 13.6. The maximum Gasteiger partial charge on any atom is 0.246 e. The molecule has 0 fully saturated rings. The lowest BCUT2D eigenvalue weighted by Crippen LogP contribution is -2.42. The molecule has 1 aromatic carbocycles. The summed E-state index contributed by atoms with van der Waals surface area (Å²) in [4.78, 5) is 20.3. The van der Waals surface area contributed by atoms with Crippen molar-refractivity contribution in [3.8, 4) is 11.5 Å². The maximum absolute atomic E-state index is 12.0. The van der Waals surface area contributed by atoms with Gasteiger partial charge in [0, 0.05) is 18.8 Å². The monoisotopic (exact) mass is 513 g/mol. The first-order valence-corrected chi connectivity index (χ1v) is 9.13. The minimum Gasteiger partial charge on any atom is -0.497 e. The molecule has 2 rings (SSSR count). The molecule has 1 unspecified atom stereocenters. The van der Waals surface area contributed by atoms with E-state index in [-0.39, 0.29) is 42.5 Å². The van der Waals surface area contributed by atoms with E-state index in [0.717, 1.165) is 11.5 Å². The van der Waals surface area contributed by atoms with Crippen LogP contribution in [0.1, 0.15) is 13.8 Å². The molecule has 9 heteroatoms. The van der Waals surface area contributed by atoms with Crippen molar-refractivity contribution in [2.24, 2.45) is 4.99 Å². The number of aliphatic imine (C=N–C) groups is 1. The highest BCUT2D eigenvalue weighted by Crippen LogP contribution is 2.19. The number of halogens is 1. The van der Waals surface area contributed by atoms with Gasteiger partial charge in [-0.25, -0.2) is 4.99 Å².